The first kappa shape index (κ1) is 19.8. The van der Waals surface area contributed by atoms with E-state index >= 15 is 0 Å². The molecule has 6 nitrogen and oxygen atoms in total. The molecule has 0 unspecified atom stereocenters. The summed E-state index contributed by atoms with van der Waals surface area (Å²) in [4.78, 5) is 18.1. The SMILES string of the molecule is COc1ccc(-c2nc(NC(=O)CCc3cnn(-c4ccccc4)c3)sc2C)cc1. The van der Waals surface area contributed by atoms with Gasteiger partial charge >= 0.3 is 0 Å². The average molecular weight is 419 g/mol. The molecule has 0 aliphatic rings. The molecule has 152 valence electrons. The Morgan fingerprint density at radius 3 is 2.63 bits per heavy atom. The topological polar surface area (TPSA) is 69.0 Å². The highest BCUT2D eigenvalue weighted by atomic mass is 32.1. The first-order valence-electron chi connectivity index (χ1n) is 9.63. The Hall–Kier alpha value is -3.45. The number of aryl methyl sites for hydroxylation is 2. The predicted molar refractivity (Wildman–Crippen MR) is 119 cm³/mol. The molecule has 0 aliphatic carbocycles. The fourth-order valence-corrected chi connectivity index (χ4v) is 3.97. The van der Waals surface area contributed by atoms with Crippen LogP contribution in [0.5, 0.6) is 5.75 Å². The number of benzene rings is 2. The Labute approximate surface area is 179 Å². The van der Waals surface area contributed by atoms with Crippen molar-refractivity contribution in [1.29, 1.82) is 0 Å². The maximum atomic E-state index is 12.4. The van der Waals surface area contributed by atoms with Crippen molar-refractivity contribution >= 4 is 22.4 Å². The van der Waals surface area contributed by atoms with Crippen LogP contribution >= 0.6 is 11.3 Å². The quantitative estimate of drug-likeness (QED) is 0.464. The molecule has 0 saturated heterocycles. The van der Waals surface area contributed by atoms with Crippen LogP contribution in [0.3, 0.4) is 0 Å². The molecule has 0 radical (unpaired) electrons. The molecule has 0 atom stereocenters. The molecule has 0 bridgehead atoms. The number of methoxy groups -OCH3 is 1. The number of nitrogens with one attached hydrogen (secondary N) is 1. The number of aromatic nitrogens is 3. The number of anilines is 1. The number of hydrogen-bond donors (Lipinski definition) is 1. The van der Waals surface area contributed by atoms with E-state index in [0.29, 0.717) is 18.0 Å². The Kier molecular flexibility index (Phi) is 5.90. The number of para-hydroxylation sites is 1. The van der Waals surface area contributed by atoms with Gasteiger partial charge in [-0.1, -0.05) is 18.2 Å². The maximum absolute atomic E-state index is 12.4. The van der Waals surface area contributed by atoms with Crippen molar-refractivity contribution in [3.63, 3.8) is 0 Å². The molecule has 0 aliphatic heterocycles. The molecule has 0 fully saturated rings. The number of ether oxygens (including phenoxy) is 1. The van der Waals surface area contributed by atoms with E-state index < -0.39 is 0 Å². The molecule has 30 heavy (non-hydrogen) atoms. The summed E-state index contributed by atoms with van der Waals surface area (Å²) >= 11 is 1.48. The molecule has 0 spiro atoms. The third kappa shape index (κ3) is 4.58. The average Bonchev–Trinajstić information content (AvgIpc) is 3.39. The highest BCUT2D eigenvalue weighted by Gasteiger charge is 2.13. The summed E-state index contributed by atoms with van der Waals surface area (Å²) in [5.41, 5.74) is 3.89. The summed E-state index contributed by atoms with van der Waals surface area (Å²) in [6, 6.07) is 17.7. The summed E-state index contributed by atoms with van der Waals surface area (Å²) in [5, 5.41) is 7.91. The lowest BCUT2D eigenvalue weighted by atomic mass is 10.1. The van der Waals surface area contributed by atoms with Gasteiger partial charge in [-0.05, 0) is 55.3 Å². The van der Waals surface area contributed by atoms with Crippen LogP contribution in [-0.4, -0.2) is 27.8 Å². The normalized spacial score (nSPS) is 10.7. The van der Waals surface area contributed by atoms with Gasteiger partial charge in [-0.2, -0.15) is 5.10 Å². The van der Waals surface area contributed by atoms with Gasteiger partial charge in [0.1, 0.15) is 5.75 Å². The van der Waals surface area contributed by atoms with E-state index in [-0.39, 0.29) is 5.91 Å². The Morgan fingerprint density at radius 2 is 1.90 bits per heavy atom. The molecule has 2 heterocycles. The molecule has 1 amide bonds. The summed E-state index contributed by atoms with van der Waals surface area (Å²) < 4.78 is 7.02. The zero-order valence-corrected chi connectivity index (χ0v) is 17.6. The lowest BCUT2D eigenvalue weighted by Crippen LogP contribution is -2.12. The number of hydrogen-bond acceptors (Lipinski definition) is 5. The molecule has 0 saturated carbocycles. The third-order valence-electron chi connectivity index (χ3n) is 4.70. The van der Waals surface area contributed by atoms with Gasteiger partial charge in [-0.15, -0.1) is 11.3 Å². The molecule has 2 aromatic heterocycles. The fourth-order valence-electron chi connectivity index (χ4n) is 3.12. The number of thiazole rings is 1. The lowest BCUT2D eigenvalue weighted by molar-refractivity contribution is -0.116. The highest BCUT2D eigenvalue weighted by molar-refractivity contribution is 7.16. The maximum Gasteiger partial charge on any atom is 0.226 e. The van der Waals surface area contributed by atoms with Crippen molar-refractivity contribution in [2.45, 2.75) is 19.8 Å². The molecule has 1 N–H and O–H groups in total. The van der Waals surface area contributed by atoms with Crippen LogP contribution in [0.15, 0.2) is 67.0 Å². The second-order valence-electron chi connectivity index (χ2n) is 6.83. The number of nitrogens with zero attached hydrogens (tertiary/aromatic N) is 3. The summed E-state index contributed by atoms with van der Waals surface area (Å²) in [6.45, 7) is 2.00. The van der Waals surface area contributed by atoms with Crippen LogP contribution in [-0.2, 0) is 11.2 Å². The van der Waals surface area contributed by atoms with Gasteiger partial charge in [0, 0.05) is 23.1 Å². The molecule has 4 aromatic rings. The van der Waals surface area contributed by atoms with E-state index in [4.69, 9.17) is 4.74 Å². The van der Waals surface area contributed by atoms with Gasteiger partial charge in [0.2, 0.25) is 5.91 Å². The van der Waals surface area contributed by atoms with Crippen molar-refractivity contribution in [3.8, 4) is 22.7 Å². The Morgan fingerprint density at radius 1 is 1.13 bits per heavy atom. The first-order chi connectivity index (χ1) is 14.6. The summed E-state index contributed by atoms with van der Waals surface area (Å²) in [5.74, 6) is 0.744. The monoisotopic (exact) mass is 418 g/mol. The highest BCUT2D eigenvalue weighted by Crippen LogP contribution is 2.31. The Balaban J connectivity index is 1.36. The van der Waals surface area contributed by atoms with E-state index in [9.17, 15) is 4.79 Å². The van der Waals surface area contributed by atoms with E-state index in [1.54, 1.807) is 13.3 Å². The standard InChI is InChI=1S/C23H22N4O2S/c1-16-22(18-9-11-20(29-2)12-10-18)26-23(30-16)25-21(28)13-8-17-14-24-27(15-17)19-6-4-3-5-7-19/h3-7,9-12,14-15H,8,13H2,1-2H3,(H,25,26,28). The van der Waals surface area contributed by atoms with E-state index in [1.165, 1.54) is 11.3 Å². The predicted octanol–water partition coefficient (Wildman–Crippen LogP) is 4.88. The first-order valence-corrected chi connectivity index (χ1v) is 10.4. The second kappa shape index (κ2) is 8.92. The molecular weight excluding hydrogens is 396 g/mol. The van der Waals surface area contributed by atoms with Crippen LogP contribution in [0.1, 0.15) is 16.9 Å². The van der Waals surface area contributed by atoms with Gasteiger partial charge in [0.25, 0.3) is 0 Å². The molecule has 4 rings (SSSR count). The lowest BCUT2D eigenvalue weighted by Gasteiger charge is -2.02. The minimum absolute atomic E-state index is 0.0579. The van der Waals surface area contributed by atoms with Crippen molar-refractivity contribution in [3.05, 3.63) is 77.4 Å². The fraction of sp³-hybridized carbons (Fsp3) is 0.174. The van der Waals surface area contributed by atoms with E-state index in [0.717, 1.165) is 33.1 Å². The largest absolute Gasteiger partial charge is 0.497 e. The Bertz CT molecular complexity index is 1130. The third-order valence-corrected chi connectivity index (χ3v) is 5.59. The zero-order chi connectivity index (χ0) is 20.9. The van der Waals surface area contributed by atoms with Gasteiger partial charge in [-0.25, -0.2) is 9.67 Å². The minimum Gasteiger partial charge on any atom is -0.497 e. The van der Waals surface area contributed by atoms with Gasteiger partial charge in [0.05, 0.1) is 24.7 Å². The van der Waals surface area contributed by atoms with Crippen molar-refractivity contribution < 1.29 is 9.53 Å². The molecule has 7 heteroatoms. The van der Waals surface area contributed by atoms with Gasteiger partial charge in [-0.3, -0.25) is 4.79 Å². The van der Waals surface area contributed by atoms with E-state index in [1.807, 2.05) is 72.4 Å². The van der Waals surface area contributed by atoms with Gasteiger partial charge < -0.3 is 10.1 Å². The second-order valence-corrected chi connectivity index (χ2v) is 8.03. The number of carbonyl (C=O) groups is 1. The van der Waals surface area contributed by atoms with Crippen molar-refractivity contribution in [1.82, 2.24) is 14.8 Å². The van der Waals surface area contributed by atoms with Crippen LogP contribution in [0.2, 0.25) is 0 Å². The van der Waals surface area contributed by atoms with Crippen LogP contribution in [0, 0.1) is 6.92 Å². The minimum atomic E-state index is -0.0579. The van der Waals surface area contributed by atoms with Crippen molar-refractivity contribution in [2.75, 3.05) is 12.4 Å². The summed E-state index contributed by atoms with van der Waals surface area (Å²) in [7, 11) is 1.64. The number of carbonyl (C=O) groups excluding carboxylic acids is 1. The van der Waals surface area contributed by atoms with Crippen molar-refractivity contribution in [2.24, 2.45) is 0 Å². The van der Waals surface area contributed by atoms with Crippen LogP contribution in [0.4, 0.5) is 5.13 Å². The molecule has 2 aromatic carbocycles. The zero-order valence-electron chi connectivity index (χ0n) is 16.8. The summed E-state index contributed by atoms with van der Waals surface area (Å²) in [6.07, 6.45) is 4.75. The molecular formula is C23H22N4O2S. The van der Waals surface area contributed by atoms with Gasteiger partial charge in [0.15, 0.2) is 5.13 Å². The van der Waals surface area contributed by atoms with Crippen LogP contribution < -0.4 is 10.1 Å². The number of amides is 1. The van der Waals surface area contributed by atoms with E-state index in [2.05, 4.69) is 15.4 Å². The smallest absolute Gasteiger partial charge is 0.226 e. The van der Waals surface area contributed by atoms with Crippen LogP contribution in [0.25, 0.3) is 16.9 Å². The number of rotatable bonds is 7.